The average Bonchev–Trinajstić information content (AvgIpc) is 2.96. The zero-order valence-electron chi connectivity index (χ0n) is 24.4. The van der Waals surface area contributed by atoms with Crippen LogP contribution in [0.4, 0.5) is 33.3 Å². The molecule has 0 spiro atoms. The highest BCUT2D eigenvalue weighted by atomic mass is 19.4. The number of ether oxygens (including phenoxy) is 3. The number of alkyl halides is 5. The van der Waals surface area contributed by atoms with E-state index in [1.54, 1.807) is 36.4 Å². The van der Waals surface area contributed by atoms with Crippen LogP contribution in [0.25, 0.3) is 6.08 Å². The molecule has 0 unspecified atom stereocenters. The smallest absolute Gasteiger partial charge is 0.453 e. The first-order chi connectivity index (χ1) is 20.8. The first-order valence-electron chi connectivity index (χ1n) is 14.7. The van der Waals surface area contributed by atoms with E-state index in [4.69, 9.17) is 25.7 Å². The molecule has 3 rings (SSSR count). The molecule has 12 heteroatoms. The quantitative estimate of drug-likeness (QED) is 0.0688. The Morgan fingerprint density at radius 2 is 1.41 bits per heavy atom. The van der Waals surface area contributed by atoms with Crippen molar-refractivity contribution in [2.45, 2.75) is 69.9 Å². The number of carbonyl (C=O) groups is 2. The summed E-state index contributed by atoms with van der Waals surface area (Å²) in [6.45, 7) is 0.832. The lowest BCUT2D eigenvalue weighted by Crippen LogP contribution is -2.36. The van der Waals surface area contributed by atoms with E-state index in [-0.39, 0.29) is 31.1 Å². The van der Waals surface area contributed by atoms with Gasteiger partial charge in [-0.05, 0) is 85.9 Å². The van der Waals surface area contributed by atoms with Crippen molar-refractivity contribution in [2.75, 3.05) is 31.3 Å². The Kier molecular flexibility index (Phi) is 12.8. The van der Waals surface area contributed by atoms with Gasteiger partial charge >= 0.3 is 24.0 Å². The fourth-order valence-electron chi connectivity index (χ4n) is 4.96. The molecule has 1 saturated carbocycles. The molecule has 0 bridgehead atoms. The number of carbonyl (C=O) groups excluding carboxylic acids is 2. The minimum atomic E-state index is -5.49. The lowest BCUT2D eigenvalue weighted by molar-refractivity contribution is -0.284. The first-order valence-corrected chi connectivity index (χ1v) is 14.7. The monoisotopic (exact) mass is 626 g/mol. The fourth-order valence-corrected chi connectivity index (χ4v) is 4.96. The van der Waals surface area contributed by atoms with Crippen LogP contribution in [0.15, 0.2) is 48.5 Å². The van der Waals surface area contributed by atoms with Crippen molar-refractivity contribution in [3.8, 4) is 5.75 Å². The minimum Gasteiger partial charge on any atom is -0.493 e. The van der Waals surface area contributed by atoms with Gasteiger partial charge < -0.3 is 25.7 Å². The van der Waals surface area contributed by atoms with Crippen molar-refractivity contribution < 1.29 is 45.8 Å². The van der Waals surface area contributed by atoms with Gasteiger partial charge in [0.1, 0.15) is 5.75 Å². The van der Waals surface area contributed by atoms with Crippen molar-refractivity contribution >= 4 is 29.4 Å². The molecule has 2 aromatic rings. The Morgan fingerprint density at radius 3 is 2.02 bits per heavy atom. The molecule has 1 aliphatic rings. The molecule has 0 aliphatic heterocycles. The second-order valence-corrected chi connectivity index (χ2v) is 11.1. The maximum atomic E-state index is 13.1. The number of benzene rings is 2. The molecule has 0 saturated heterocycles. The first kappa shape index (κ1) is 34.7. The van der Waals surface area contributed by atoms with Gasteiger partial charge in [0.25, 0.3) is 0 Å². The summed E-state index contributed by atoms with van der Waals surface area (Å²) in [5.74, 6) is -4.52. The third kappa shape index (κ3) is 11.7. The lowest BCUT2D eigenvalue weighted by atomic mass is 9.80. The summed E-state index contributed by atoms with van der Waals surface area (Å²) in [5, 5.41) is 0. The Labute approximate surface area is 253 Å². The predicted molar refractivity (Wildman–Crippen MR) is 157 cm³/mol. The summed E-state index contributed by atoms with van der Waals surface area (Å²) in [5.41, 5.74) is 13.1. The molecule has 0 atom stereocenters. The van der Waals surface area contributed by atoms with Gasteiger partial charge in [-0.1, -0.05) is 31.4 Å². The normalized spacial score (nSPS) is 17.4. The van der Waals surface area contributed by atoms with Crippen LogP contribution >= 0.6 is 0 Å². The number of halogens is 5. The molecule has 7 nitrogen and oxygen atoms in total. The third-order valence-corrected chi connectivity index (χ3v) is 7.49. The maximum Gasteiger partial charge on any atom is 0.453 e. The van der Waals surface area contributed by atoms with E-state index < -0.39 is 30.5 Å². The van der Waals surface area contributed by atoms with Crippen molar-refractivity contribution in [1.82, 2.24) is 0 Å². The van der Waals surface area contributed by atoms with Gasteiger partial charge in [0.2, 0.25) is 0 Å². The van der Waals surface area contributed by atoms with Gasteiger partial charge in [0.05, 0.1) is 25.4 Å². The molecule has 1 aliphatic carbocycles. The predicted octanol–water partition coefficient (Wildman–Crippen LogP) is 7.60. The minimum absolute atomic E-state index is 0.140. The molecule has 2 aromatic carbocycles. The van der Waals surface area contributed by atoms with Gasteiger partial charge in [0.15, 0.2) is 0 Å². The third-order valence-electron chi connectivity index (χ3n) is 7.49. The summed E-state index contributed by atoms with van der Waals surface area (Å²) < 4.78 is 79.3. The number of unbranched alkanes of at least 4 members (excludes halogenated alkanes) is 1. The highest BCUT2D eigenvalue weighted by Gasteiger charge is 2.56. The van der Waals surface area contributed by atoms with Crippen LogP contribution < -0.4 is 16.2 Å². The molecule has 0 amide bonds. The molecule has 44 heavy (non-hydrogen) atoms. The molecular weight excluding hydrogens is 587 g/mol. The van der Waals surface area contributed by atoms with Crippen LogP contribution in [-0.2, 0) is 14.3 Å². The molecule has 0 heterocycles. The van der Waals surface area contributed by atoms with Crippen LogP contribution in [-0.4, -0.2) is 43.9 Å². The van der Waals surface area contributed by atoms with Gasteiger partial charge in [-0.15, -0.1) is 0 Å². The largest absolute Gasteiger partial charge is 0.493 e. The van der Waals surface area contributed by atoms with Crippen molar-refractivity contribution in [2.24, 2.45) is 11.8 Å². The Hall–Kier alpha value is -3.83. The van der Waals surface area contributed by atoms with Gasteiger partial charge in [-0.25, -0.2) is 9.59 Å². The number of anilines is 2. The van der Waals surface area contributed by atoms with Crippen LogP contribution in [0.5, 0.6) is 5.75 Å². The number of esters is 2. The number of nitrogen functional groups attached to an aromatic ring is 2. The van der Waals surface area contributed by atoms with Crippen LogP contribution in [0.3, 0.4) is 0 Å². The van der Waals surface area contributed by atoms with E-state index in [1.165, 1.54) is 18.2 Å². The van der Waals surface area contributed by atoms with Crippen LogP contribution in [0, 0.1) is 11.8 Å². The van der Waals surface area contributed by atoms with Gasteiger partial charge in [-0.3, -0.25) is 0 Å². The molecule has 0 radical (unpaired) electrons. The summed E-state index contributed by atoms with van der Waals surface area (Å²) in [6, 6.07) is 11.7. The number of rotatable bonds is 15. The Balaban J connectivity index is 1.25. The van der Waals surface area contributed by atoms with Crippen LogP contribution in [0.2, 0.25) is 0 Å². The van der Waals surface area contributed by atoms with Crippen molar-refractivity contribution in [3.63, 3.8) is 0 Å². The summed E-state index contributed by atoms with van der Waals surface area (Å²) in [6.07, 6.45) is 0.825. The standard InChI is InChI=1S/C32H39F5N2O5/c33-31(34,32(35,36)37)15-3-4-22-5-7-24(8-6-22)21-44-28-12-9-23(10-13-28)11-14-29(40)42-16-1-2-17-43-30(41)25-18-26(38)20-27(39)19-25/h9-14,18-20,22,24H,1-8,15-17,21,38-39H2. The van der Waals surface area contributed by atoms with Crippen LogP contribution in [0.1, 0.15) is 73.7 Å². The molecule has 1 fully saturated rings. The lowest BCUT2D eigenvalue weighted by Gasteiger charge is -2.29. The Morgan fingerprint density at radius 1 is 0.818 bits per heavy atom. The molecule has 242 valence electrons. The molecule has 4 N–H and O–H groups in total. The van der Waals surface area contributed by atoms with Crippen molar-refractivity contribution in [1.29, 1.82) is 0 Å². The zero-order chi connectivity index (χ0) is 32.2. The van der Waals surface area contributed by atoms with E-state index in [0.29, 0.717) is 48.9 Å². The summed E-state index contributed by atoms with van der Waals surface area (Å²) in [7, 11) is 0. The van der Waals surface area contributed by atoms with Gasteiger partial charge in [0, 0.05) is 23.9 Å². The van der Waals surface area contributed by atoms with E-state index in [1.807, 2.05) is 0 Å². The number of hydrogen-bond donors (Lipinski definition) is 2. The van der Waals surface area contributed by atoms with E-state index in [2.05, 4.69) is 0 Å². The fraction of sp³-hybridized carbons (Fsp3) is 0.500. The van der Waals surface area contributed by atoms with Crippen molar-refractivity contribution in [3.05, 3.63) is 59.7 Å². The van der Waals surface area contributed by atoms with E-state index in [0.717, 1.165) is 31.2 Å². The second kappa shape index (κ2) is 16.3. The topological polar surface area (TPSA) is 114 Å². The summed E-state index contributed by atoms with van der Waals surface area (Å²) >= 11 is 0. The average molecular weight is 627 g/mol. The summed E-state index contributed by atoms with van der Waals surface area (Å²) in [4.78, 5) is 24.0. The highest BCUT2D eigenvalue weighted by Crippen LogP contribution is 2.40. The molecule has 0 aromatic heterocycles. The number of nitrogens with two attached hydrogens (primary N) is 2. The highest BCUT2D eigenvalue weighted by molar-refractivity contribution is 5.91. The Bertz CT molecular complexity index is 1220. The SMILES string of the molecule is Nc1cc(N)cc(C(=O)OCCCCOC(=O)C=Cc2ccc(OCC3CCC(CCCC(F)(F)C(F)(F)F)CC3)cc2)c1. The van der Waals surface area contributed by atoms with Gasteiger partial charge in [-0.2, -0.15) is 22.0 Å². The zero-order valence-corrected chi connectivity index (χ0v) is 24.4. The number of hydrogen-bond acceptors (Lipinski definition) is 7. The maximum absolute atomic E-state index is 13.1. The van der Waals surface area contributed by atoms with E-state index >= 15 is 0 Å². The van der Waals surface area contributed by atoms with E-state index in [9.17, 15) is 31.5 Å². The second-order valence-electron chi connectivity index (χ2n) is 11.1. The molecular formula is C32H39F5N2O5.